The molecule has 0 aliphatic rings. The largest absolute Gasteiger partial charge is 0.361 e. The molecule has 0 saturated heterocycles. The molecule has 96 valence electrons. The van der Waals surface area contributed by atoms with Crippen molar-refractivity contribution in [3.63, 3.8) is 0 Å². The molecule has 0 spiro atoms. The van der Waals surface area contributed by atoms with Crippen molar-refractivity contribution in [2.24, 2.45) is 5.73 Å². The Morgan fingerprint density at radius 3 is 2.83 bits per heavy atom. The zero-order valence-corrected chi connectivity index (χ0v) is 10.8. The van der Waals surface area contributed by atoms with Crippen LogP contribution in [0.2, 0.25) is 0 Å². The van der Waals surface area contributed by atoms with Crippen LogP contribution in [-0.2, 0) is 11.2 Å². The van der Waals surface area contributed by atoms with Gasteiger partial charge in [0.15, 0.2) is 0 Å². The molecule has 1 heterocycles. The van der Waals surface area contributed by atoms with E-state index in [9.17, 15) is 4.79 Å². The van der Waals surface area contributed by atoms with E-state index in [0.29, 0.717) is 13.0 Å². The van der Waals surface area contributed by atoms with E-state index in [0.717, 1.165) is 16.5 Å². The van der Waals surface area contributed by atoms with Gasteiger partial charge in [0.05, 0.1) is 6.42 Å². The first-order valence-corrected chi connectivity index (χ1v) is 6.08. The molecule has 2 aromatic rings. The summed E-state index contributed by atoms with van der Waals surface area (Å²) in [6.45, 7) is 4.26. The molecular weight excluding hydrogens is 226 g/mol. The first-order valence-electron chi connectivity index (χ1n) is 6.08. The molecule has 4 heteroatoms. The molecule has 0 aliphatic carbocycles. The summed E-state index contributed by atoms with van der Waals surface area (Å²) in [5, 5.41) is 4.03. The molecular formula is C14H19N3O. The molecule has 4 N–H and O–H groups in total. The fraction of sp³-hybridized carbons (Fsp3) is 0.357. The van der Waals surface area contributed by atoms with Gasteiger partial charge in [-0.15, -0.1) is 0 Å². The van der Waals surface area contributed by atoms with Gasteiger partial charge in [-0.1, -0.05) is 18.2 Å². The Bertz CT molecular complexity index is 557. The maximum Gasteiger partial charge on any atom is 0.224 e. The van der Waals surface area contributed by atoms with E-state index in [4.69, 9.17) is 5.73 Å². The van der Waals surface area contributed by atoms with E-state index in [1.54, 1.807) is 0 Å². The minimum Gasteiger partial charge on any atom is -0.361 e. The predicted molar refractivity (Wildman–Crippen MR) is 73.3 cm³/mol. The molecule has 1 amide bonds. The fourth-order valence-corrected chi connectivity index (χ4v) is 1.92. The molecule has 0 fully saturated rings. The molecule has 4 nitrogen and oxygen atoms in total. The number of amides is 1. The lowest BCUT2D eigenvalue weighted by atomic mass is 10.0. The number of benzene rings is 1. The number of nitrogens with two attached hydrogens (primary N) is 1. The third-order valence-electron chi connectivity index (χ3n) is 3.01. The Kier molecular flexibility index (Phi) is 3.39. The summed E-state index contributed by atoms with van der Waals surface area (Å²) in [5.74, 6) is -0.00444. The number of hydrogen-bond acceptors (Lipinski definition) is 2. The first kappa shape index (κ1) is 12.6. The third kappa shape index (κ3) is 2.71. The minimum atomic E-state index is -0.358. The summed E-state index contributed by atoms with van der Waals surface area (Å²) in [4.78, 5) is 15.1. The van der Waals surface area contributed by atoms with Gasteiger partial charge >= 0.3 is 0 Å². The van der Waals surface area contributed by atoms with E-state index < -0.39 is 0 Å². The number of H-pyrrole nitrogens is 1. The third-order valence-corrected chi connectivity index (χ3v) is 3.01. The van der Waals surface area contributed by atoms with Gasteiger partial charge in [-0.05, 0) is 25.5 Å². The van der Waals surface area contributed by atoms with Crippen LogP contribution in [-0.4, -0.2) is 23.0 Å². The normalized spacial score (nSPS) is 11.7. The summed E-state index contributed by atoms with van der Waals surface area (Å²) < 4.78 is 0. The molecule has 0 radical (unpaired) electrons. The van der Waals surface area contributed by atoms with Crippen LogP contribution in [0.5, 0.6) is 0 Å². The SMILES string of the molecule is CC(C)(CN)NC(=O)Cc1c[nH]c2ccccc12. The van der Waals surface area contributed by atoms with Crippen LogP contribution >= 0.6 is 0 Å². The topological polar surface area (TPSA) is 70.9 Å². The lowest BCUT2D eigenvalue weighted by molar-refractivity contribution is -0.121. The van der Waals surface area contributed by atoms with Gasteiger partial charge in [0.2, 0.25) is 5.91 Å². The molecule has 0 aliphatic heterocycles. The van der Waals surface area contributed by atoms with E-state index in [-0.39, 0.29) is 11.4 Å². The fourth-order valence-electron chi connectivity index (χ4n) is 1.92. The van der Waals surface area contributed by atoms with E-state index in [1.165, 1.54) is 0 Å². The monoisotopic (exact) mass is 245 g/mol. The summed E-state index contributed by atoms with van der Waals surface area (Å²) in [6, 6.07) is 7.96. The van der Waals surface area contributed by atoms with Gasteiger partial charge in [0, 0.05) is 29.2 Å². The van der Waals surface area contributed by atoms with Crippen LogP contribution in [0.15, 0.2) is 30.5 Å². The number of para-hydroxylation sites is 1. The van der Waals surface area contributed by atoms with Crippen LogP contribution in [0.4, 0.5) is 0 Å². The van der Waals surface area contributed by atoms with Crippen LogP contribution in [0.3, 0.4) is 0 Å². The average Bonchev–Trinajstić information content (AvgIpc) is 2.72. The van der Waals surface area contributed by atoms with Crippen LogP contribution in [0, 0.1) is 0 Å². The molecule has 2 rings (SSSR count). The lowest BCUT2D eigenvalue weighted by Crippen LogP contribution is -2.49. The zero-order chi connectivity index (χ0) is 13.2. The van der Waals surface area contributed by atoms with Gasteiger partial charge < -0.3 is 16.0 Å². The van der Waals surface area contributed by atoms with Crippen LogP contribution in [0.1, 0.15) is 19.4 Å². The second-order valence-corrected chi connectivity index (χ2v) is 5.17. The van der Waals surface area contributed by atoms with Crippen molar-refractivity contribution in [2.45, 2.75) is 25.8 Å². The maximum absolute atomic E-state index is 11.9. The van der Waals surface area contributed by atoms with Crippen molar-refractivity contribution in [1.29, 1.82) is 0 Å². The second-order valence-electron chi connectivity index (χ2n) is 5.17. The average molecular weight is 245 g/mol. The van der Waals surface area contributed by atoms with Crippen molar-refractivity contribution < 1.29 is 4.79 Å². The van der Waals surface area contributed by atoms with Gasteiger partial charge in [0.25, 0.3) is 0 Å². The number of fused-ring (bicyclic) bond motifs is 1. The van der Waals surface area contributed by atoms with Gasteiger partial charge in [0.1, 0.15) is 0 Å². The Morgan fingerprint density at radius 2 is 2.11 bits per heavy atom. The van der Waals surface area contributed by atoms with E-state index in [2.05, 4.69) is 10.3 Å². The van der Waals surface area contributed by atoms with E-state index >= 15 is 0 Å². The predicted octanol–water partition coefficient (Wildman–Crippen LogP) is 1.56. The number of aromatic nitrogens is 1. The number of rotatable bonds is 4. The molecule has 0 unspecified atom stereocenters. The number of carbonyl (C=O) groups excluding carboxylic acids is 1. The minimum absolute atomic E-state index is 0.00444. The highest BCUT2D eigenvalue weighted by Crippen LogP contribution is 2.18. The summed E-state index contributed by atoms with van der Waals surface area (Å²) in [5.41, 5.74) is 7.30. The lowest BCUT2D eigenvalue weighted by Gasteiger charge is -2.24. The van der Waals surface area contributed by atoms with Crippen molar-refractivity contribution in [2.75, 3.05) is 6.54 Å². The van der Waals surface area contributed by atoms with Gasteiger partial charge in [-0.2, -0.15) is 0 Å². The van der Waals surface area contributed by atoms with Crippen molar-refractivity contribution in [3.8, 4) is 0 Å². The Hall–Kier alpha value is -1.81. The highest BCUT2D eigenvalue weighted by molar-refractivity contribution is 5.89. The zero-order valence-electron chi connectivity index (χ0n) is 10.8. The molecule has 18 heavy (non-hydrogen) atoms. The molecule has 0 bridgehead atoms. The Balaban J connectivity index is 2.12. The van der Waals surface area contributed by atoms with Crippen molar-refractivity contribution >= 4 is 16.8 Å². The molecule has 0 saturated carbocycles. The smallest absolute Gasteiger partial charge is 0.224 e. The Labute approximate surface area is 107 Å². The van der Waals surface area contributed by atoms with E-state index in [1.807, 2.05) is 44.3 Å². The highest BCUT2D eigenvalue weighted by Gasteiger charge is 2.18. The highest BCUT2D eigenvalue weighted by atomic mass is 16.1. The second kappa shape index (κ2) is 4.82. The van der Waals surface area contributed by atoms with Gasteiger partial charge in [-0.25, -0.2) is 0 Å². The van der Waals surface area contributed by atoms with Crippen LogP contribution in [0.25, 0.3) is 10.9 Å². The summed E-state index contributed by atoms with van der Waals surface area (Å²) in [6.07, 6.45) is 2.26. The Morgan fingerprint density at radius 1 is 1.39 bits per heavy atom. The van der Waals surface area contributed by atoms with Crippen molar-refractivity contribution in [3.05, 3.63) is 36.0 Å². The quantitative estimate of drug-likeness (QED) is 0.765. The maximum atomic E-state index is 11.9. The van der Waals surface area contributed by atoms with Gasteiger partial charge in [-0.3, -0.25) is 4.79 Å². The summed E-state index contributed by atoms with van der Waals surface area (Å²) in [7, 11) is 0. The molecule has 1 aromatic heterocycles. The number of nitrogens with one attached hydrogen (secondary N) is 2. The number of hydrogen-bond donors (Lipinski definition) is 3. The van der Waals surface area contributed by atoms with Crippen LogP contribution < -0.4 is 11.1 Å². The molecule has 0 atom stereocenters. The van der Waals surface area contributed by atoms with Crippen molar-refractivity contribution in [1.82, 2.24) is 10.3 Å². The number of carbonyl (C=O) groups is 1. The molecule has 1 aromatic carbocycles. The standard InChI is InChI=1S/C14H19N3O/c1-14(2,9-15)17-13(18)7-10-8-16-12-6-4-3-5-11(10)12/h3-6,8,16H,7,9,15H2,1-2H3,(H,17,18). The summed E-state index contributed by atoms with van der Waals surface area (Å²) >= 11 is 0. The first-order chi connectivity index (χ1) is 8.52. The number of aromatic amines is 1.